The first-order valence-electron chi connectivity index (χ1n) is 6.40. The fraction of sp³-hybridized carbons (Fsp3) is 0.846. The Morgan fingerprint density at radius 1 is 1.26 bits per heavy atom. The van der Waals surface area contributed by atoms with E-state index in [9.17, 15) is 14.7 Å². The van der Waals surface area contributed by atoms with E-state index in [0.717, 1.165) is 0 Å². The van der Waals surface area contributed by atoms with Crippen molar-refractivity contribution in [1.82, 2.24) is 5.32 Å². The van der Waals surface area contributed by atoms with E-state index in [-0.39, 0.29) is 5.92 Å². The lowest BCUT2D eigenvalue weighted by Gasteiger charge is -2.27. The van der Waals surface area contributed by atoms with Crippen LogP contribution < -0.4 is 5.32 Å². The van der Waals surface area contributed by atoms with Crippen molar-refractivity contribution >= 4 is 12.1 Å². The van der Waals surface area contributed by atoms with Gasteiger partial charge in [0, 0.05) is 0 Å². The van der Waals surface area contributed by atoms with Crippen molar-refractivity contribution in [2.24, 2.45) is 5.92 Å². The summed E-state index contributed by atoms with van der Waals surface area (Å²) in [6.45, 7) is 9.06. The van der Waals surface area contributed by atoms with E-state index in [2.05, 4.69) is 5.32 Å². The number of rotatable bonds is 6. The zero-order valence-corrected chi connectivity index (χ0v) is 12.3. The molecule has 0 aromatic rings. The molecule has 0 spiro atoms. The second kappa shape index (κ2) is 7.33. The average Bonchev–Trinajstić information content (AvgIpc) is 2.11. The smallest absolute Gasteiger partial charge is 0.407 e. The minimum atomic E-state index is -1.13. The summed E-state index contributed by atoms with van der Waals surface area (Å²) >= 11 is 0. The highest BCUT2D eigenvalue weighted by atomic mass is 16.6. The molecular weight excluding hydrogens is 250 g/mol. The Balaban J connectivity index is 4.58. The molecule has 0 unspecified atom stereocenters. The molecule has 1 amide bonds. The molecule has 0 bridgehead atoms. The van der Waals surface area contributed by atoms with Crippen LogP contribution in [0.15, 0.2) is 0 Å². The van der Waals surface area contributed by atoms with Crippen LogP contribution >= 0.6 is 0 Å². The number of carbonyl (C=O) groups excluding carboxylic acids is 1. The first-order valence-corrected chi connectivity index (χ1v) is 6.40. The summed E-state index contributed by atoms with van der Waals surface area (Å²) in [5.41, 5.74) is -0.635. The topological polar surface area (TPSA) is 95.9 Å². The molecule has 0 aliphatic heterocycles. The van der Waals surface area contributed by atoms with Crippen LogP contribution in [0.5, 0.6) is 0 Å². The molecule has 0 rings (SSSR count). The van der Waals surface area contributed by atoms with Gasteiger partial charge in [-0.15, -0.1) is 0 Å². The van der Waals surface area contributed by atoms with Crippen LogP contribution in [0.2, 0.25) is 0 Å². The van der Waals surface area contributed by atoms with E-state index >= 15 is 0 Å². The summed E-state index contributed by atoms with van der Waals surface area (Å²) in [6.07, 6.45) is -1.71. The van der Waals surface area contributed by atoms with Crippen LogP contribution in [0.3, 0.4) is 0 Å². The summed E-state index contributed by atoms with van der Waals surface area (Å²) in [7, 11) is 0. The number of carboxylic acid groups (broad SMARTS) is 1. The number of nitrogens with one attached hydrogen (secondary N) is 1. The van der Waals surface area contributed by atoms with E-state index in [1.54, 1.807) is 20.8 Å². The summed E-state index contributed by atoms with van der Waals surface area (Å²) in [5, 5.41) is 21.0. The Hall–Kier alpha value is -1.30. The summed E-state index contributed by atoms with van der Waals surface area (Å²) < 4.78 is 5.10. The number of aliphatic carboxylic acids is 1. The van der Waals surface area contributed by atoms with Crippen molar-refractivity contribution in [3.05, 3.63) is 0 Å². The molecule has 6 nitrogen and oxygen atoms in total. The Morgan fingerprint density at radius 3 is 2.16 bits per heavy atom. The maximum atomic E-state index is 11.6. The van der Waals surface area contributed by atoms with E-state index in [1.807, 2.05) is 13.8 Å². The minimum Gasteiger partial charge on any atom is -0.481 e. The number of alkyl carbamates (subject to hydrolysis) is 1. The van der Waals surface area contributed by atoms with Gasteiger partial charge in [0.15, 0.2) is 0 Å². The Kier molecular flexibility index (Phi) is 6.83. The van der Waals surface area contributed by atoms with Gasteiger partial charge in [-0.2, -0.15) is 0 Å². The number of carboxylic acids is 1. The summed E-state index contributed by atoms with van der Waals surface area (Å²) in [5.74, 6) is -0.893. The van der Waals surface area contributed by atoms with Crippen molar-refractivity contribution < 1.29 is 24.5 Å². The largest absolute Gasteiger partial charge is 0.481 e. The van der Waals surface area contributed by atoms with E-state index < -0.39 is 36.2 Å². The maximum absolute atomic E-state index is 11.6. The first kappa shape index (κ1) is 17.7. The van der Waals surface area contributed by atoms with Crippen LogP contribution in [0, 0.1) is 5.92 Å². The van der Waals surface area contributed by atoms with Gasteiger partial charge in [-0.05, 0) is 33.1 Å². The molecule has 0 heterocycles. The normalized spacial score (nSPS) is 14.9. The van der Waals surface area contributed by atoms with Gasteiger partial charge in [0.1, 0.15) is 5.60 Å². The molecule has 0 aliphatic rings. The number of hydrogen-bond acceptors (Lipinski definition) is 4. The Bertz CT molecular complexity index is 309. The lowest BCUT2D eigenvalue weighted by atomic mass is 9.97. The third kappa shape index (κ3) is 9.30. The SMILES string of the molecule is CC(C)C[C@H](NC(=O)OC(C)(C)C)[C@H](O)CC(=O)O. The second-order valence-corrected chi connectivity index (χ2v) is 6.05. The van der Waals surface area contributed by atoms with Crippen LogP contribution in [0.4, 0.5) is 4.79 Å². The first-order chi connectivity index (χ1) is 8.51. The number of amides is 1. The fourth-order valence-electron chi connectivity index (χ4n) is 1.60. The van der Waals surface area contributed by atoms with Gasteiger partial charge < -0.3 is 20.3 Å². The van der Waals surface area contributed by atoms with Gasteiger partial charge in [0.2, 0.25) is 0 Å². The van der Waals surface area contributed by atoms with Gasteiger partial charge in [-0.25, -0.2) is 4.79 Å². The molecule has 0 radical (unpaired) electrons. The van der Waals surface area contributed by atoms with Gasteiger partial charge in [-0.1, -0.05) is 13.8 Å². The molecule has 3 N–H and O–H groups in total. The zero-order valence-electron chi connectivity index (χ0n) is 12.3. The second-order valence-electron chi connectivity index (χ2n) is 6.05. The van der Waals surface area contributed by atoms with Crippen molar-refractivity contribution in [3.63, 3.8) is 0 Å². The Morgan fingerprint density at radius 2 is 1.79 bits per heavy atom. The lowest BCUT2D eigenvalue weighted by molar-refractivity contribution is -0.139. The highest BCUT2D eigenvalue weighted by Gasteiger charge is 2.26. The summed E-state index contributed by atoms with van der Waals surface area (Å²) in [6, 6.07) is -0.633. The van der Waals surface area contributed by atoms with Crippen LogP contribution in [0.25, 0.3) is 0 Å². The molecule has 0 aromatic heterocycles. The van der Waals surface area contributed by atoms with E-state index in [0.29, 0.717) is 6.42 Å². The number of ether oxygens (including phenoxy) is 1. The molecule has 0 aromatic carbocycles. The lowest BCUT2D eigenvalue weighted by Crippen LogP contribution is -2.46. The van der Waals surface area contributed by atoms with Crippen LogP contribution in [-0.4, -0.2) is 40.0 Å². The molecule has 19 heavy (non-hydrogen) atoms. The highest BCUT2D eigenvalue weighted by molar-refractivity contribution is 5.69. The zero-order chi connectivity index (χ0) is 15.2. The van der Waals surface area contributed by atoms with Crippen molar-refractivity contribution in [3.8, 4) is 0 Å². The number of aliphatic hydroxyl groups excluding tert-OH is 1. The average molecular weight is 275 g/mol. The van der Waals surface area contributed by atoms with Crippen molar-refractivity contribution in [1.29, 1.82) is 0 Å². The fourth-order valence-corrected chi connectivity index (χ4v) is 1.60. The number of hydrogen-bond donors (Lipinski definition) is 3. The minimum absolute atomic E-state index is 0.211. The van der Waals surface area contributed by atoms with Crippen molar-refractivity contribution in [2.75, 3.05) is 0 Å². The van der Waals surface area contributed by atoms with E-state index in [4.69, 9.17) is 9.84 Å². The van der Waals surface area contributed by atoms with E-state index in [1.165, 1.54) is 0 Å². The molecule has 2 atom stereocenters. The van der Waals surface area contributed by atoms with Crippen molar-refractivity contribution in [2.45, 2.75) is 65.2 Å². The third-order valence-corrected chi connectivity index (χ3v) is 2.28. The number of aliphatic hydroxyl groups is 1. The van der Waals surface area contributed by atoms with Gasteiger partial charge >= 0.3 is 12.1 Å². The Labute approximate surface area is 114 Å². The standard InChI is InChI=1S/C13H25NO5/c1-8(2)6-9(10(15)7-11(16)17)14-12(18)19-13(3,4)5/h8-10,15H,6-7H2,1-5H3,(H,14,18)(H,16,17)/t9-,10+/m0/s1. The molecule has 0 aliphatic carbocycles. The summed E-state index contributed by atoms with van der Waals surface area (Å²) in [4.78, 5) is 22.3. The third-order valence-electron chi connectivity index (χ3n) is 2.28. The molecular formula is C13H25NO5. The predicted octanol–water partition coefficient (Wildman–Crippen LogP) is 1.76. The van der Waals surface area contributed by atoms with Crippen LogP contribution in [-0.2, 0) is 9.53 Å². The van der Waals surface area contributed by atoms with Gasteiger partial charge in [0.25, 0.3) is 0 Å². The molecule has 112 valence electrons. The maximum Gasteiger partial charge on any atom is 0.407 e. The molecule has 0 fully saturated rings. The molecule has 0 saturated heterocycles. The number of carbonyl (C=O) groups is 2. The monoisotopic (exact) mass is 275 g/mol. The molecule has 0 saturated carbocycles. The van der Waals surface area contributed by atoms with Gasteiger partial charge in [0.05, 0.1) is 18.6 Å². The van der Waals surface area contributed by atoms with Crippen LogP contribution in [0.1, 0.15) is 47.5 Å². The van der Waals surface area contributed by atoms with Gasteiger partial charge in [-0.3, -0.25) is 4.79 Å². The quantitative estimate of drug-likeness (QED) is 0.686. The molecule has 6 heteroatoms. The highest BCUT2D eigenvalue weighted by Crippen LogP contribution is 2.13. The predicted molar refractivity (Wildman–Crippen MR) is 70.9 cm³/mol.